The van der Waals surface area contributed by atoms with E-state index in [1.807, 2.05) is 6.92 Å². The van der Waals surface area contributed by atoms with Gasteiger partial charge in [-0.25, -0.2) is 4.79 Å². The van der Waals surface area contributed by atoms with Crippen LogP contribution in [0.1, 0.15) is 32.6 Å². The number of urea groups is 1. The van der Waals surface area contributed by atoms with Gasteiger partial charge in [-0.05, 0) is 18.8 Å². The van der Waals surface area contributed by atoms with Crippen molar-refractivity contribution in [3.05, 3.63) is 0 Å². The summed E-state index contributed by atoms with van der Waals surface area (Å²) in [4.78, 5) is 33.6. The third-order valence-corrected chi connectivity index (χ3v) is 3.18. The van der Waals surface area contributed by atoms with E-state index in [0.717, 1.165) is 6.42 Å². The van der Waals surface area contributed by atoms with Crippen LogP contribution in [0.5, 0.6) is 0 Å². The molecule has 0 aliphatic carbocycles. The van der Waals surface area contributed by atoms with Gasteiger partial charge in [-0.3, -0.25) is 9.59 Å². The van der Waals surface area contributed by atoms with Crippen LogP contribution < -0.4 is 16.0 Å². The Labute approximate surface area is 112 Å². The highest BCUT2D eigenvalue weighted by molar-refractivity contribution is 5.87. The van der Waals surface area contributed by atoms with E-state index < -0.39 is 18.0 Å². The summed E-state index contributed by atoms with van der Waals surface area (Å²) in [5, 5.41) is 16.6. The summed E-state index contributed by atoms with van der Waals surface area (Å²) in [6.07, 6.45) is 2.18. The van der Waals surface area contributed by atoms with Crippen molar-refractivity contribution in [2.75, 3.05) is 13.1 Å². The van der Waals surface area contributed by atoms with Crippen molar-refractivity contribution in [2.24, 2.45) is 5.92 Å². The Morgan fingerprint density at radius 3 is 2.84 bits per heavy atom. The van der Waals surface area contributed by atoms with Crippen molar-refractivity contribution in [1.29, 1.82) is 0 Å². The molecule has 1 aliphatic rings. The minimum Gasteiger partial charge on any atom is -0.481 e. The molecule has 7 nitrogen and oxygen atoms in total. The first kappa shape index (κ1) is 15.3. The molecule has 0 bridgehead atoms. The van der Waals surface area contributed by atoms with E-state index in [9.17, 15) is 14.4 Å². The smallest absolute Gasteiger partial charge is 0.315 e. The minimum absolute atomic E-state index is 0.0285. The Morgan fingerprint density at radius 1 is 1.53 bits per heavy atom. The fraction of sp³-hybridized carbons (Fsp3) is 0.750. The molecule has 3 amide bonds. The lowest BCUT2D eigenvalue weighted by molar-refractivity contribution is -0.138. The first-order valence-electron chi connectivity index (χ1n) is 6.56. The molecule has 0 radical (unpaired) electrons. The van der Waals surface area contributed by atoms with Crippen LogP contribution in [0.2, 0.25) is 0 Å². The highest BCUT2D eigenvalue weighted by atomic mass is 16.4. The number of carboxylic acids is 1. The second-order valence-electron chi connectivity index (χ2n) is 4.71. The Hall–Kier alpha value is -1.79. The maximum Gasteiger partial charge on any atom is 0.315 e. The molecule has 0 spiro atoms. The number of carbonyl (C=O) groups excluding carboxylic acids is 2. The summed E-state index contributed by atoms with van der Waals surface area (Å²) in [6.45, 7) is 2.82. The van der Waals surface area contributed by atoms with Crippen molar-refractivity contribution in [3.63, 3.8) is 0 Å². The number of aliphatic carboxylic acids is 1. The average Bonchev–Trinajstić information content (AvgIpc) is 2.37. The van der Waals surface area contributed by atoms with Crippen molar-refractivity contribution in [2.45, 2.75) is 38.6 Å². The molecule has 0 aromatic rings. The minimum atomic E-state index is -0.874. The van der Waals surface area contributed by atoms with Crippen LogP contribution in [0.3, 0.4) is 0 Å². The topological polar surface area (TPSA) is 108 Å². The van der Waals surface area contributed by atoms with E-state index in [1.54, 1.807) is 0 Å². The molecule has 1 aliphatic heterocycles. The number of piperidine rings is 1. The maximum atomic E-state index is 11.6. The number of amides is 3. The number of nitrogens with one attached hydrogen (secondary N) is 3. The highest BCUT2D eigenvalue weighted by Crippen LogP contribution is 2.06. The lowest BCUT2D eigenvalue weighted by Crippen LogP contribution is -2.53. The van der Waals surface area contributed by atoms with Gasteiger partial charge in [-0.2, -0.15) is 0 Å². The van der Waals surface area contributed by atoms with Gasteiger partial charge in [0.15, 0.2) is 0 Å². The van der Waals surface area contributed by atoms with Crippen LogP contribution in [0, 0.1) is 5.92 Å². The van der Waals surface area contributed by atoms with Gasteiger partial charge in [0.05, 0.1) is 0 Å². The second-order valence-corrected chi connectivity index (χ2v) is 4.71. The van der Waals surface area contributed by atoms with Crippen LogP contribution in [0.4, 0.5) is 4.79 Å². The molecule has 1 saturated heterocycles. The van der Waals surface area contributed by atoms with Gasteiger partial charge in [0.1, 0.15) is 6.04 Å². The molecular formula is C12H21N3O4. The van der Waals surface area contributed by atoms with E-state index >= 15 is 0 Å². The van der Waals surface area contributed by atoms with Crippen LogP contribution in [-0.2, 0) is 9.59 Å². The van der Waals surface area contributed by atoms with Gasteiger partial charge in [-0.1, -0.05) is 13.3 Å². The van der Waals surface area contributed by atoms with Crippen LogP contribution in [-0.4, -0.2) is 42.1 Å². The first-order chi connectivity index (χ1) is 9.02. The normalized spacial score (nSPS) is 20.3. The van der Waals surface area contributed by atoms with Gasteiger partial charge in [0, 0.05) is 19.5 Å². The predicted octanol–water partition coefficient (Wildman–Crippen LogP) is 0.0651. The van der Waals surface area contributed by atoms with E-state index in [4.69, 9.17) is 5.11 Å². The molecule has 2 unspecified atom stereocenters. The second kappa shape index (κ2) is 7.60. The zero-order chi connectivity index (χ0) is 14.3. The summed E-state index contributed by atoms with van der Waals surface area (Å²) in [5.41, 5.74) is 0. The number of rotatable bonds is 6. The largest absolute Gasteiger partial charge is 0.481 e. The van der Waals surface area contributed by atoms with Crippen LogP contribution in [0.15, 0.2) is 0 Å². The van der Waals surface area contributed by atoms with Crippen molar-refractivity contribution >= 4 is 17.9 Å². The standard InChI is InChI=1S/C12H21N3O4/c1-2-8(6-10(16)17)7-14-12(19)15-9-4-3-5-13-11(9)18/h8-9H,2-7H2,1H3,(H,13,18)(H,16,17)(H2,14,15,19). The van der Waals surface area contributed by atoms with Gasteiger partial charge in [-0.15, -0.1) is 0 Å². The molecule has 2 atom stereocenters. The molecule has 19 heavy (non-hydrogen) atoms. The fourth-order valence-electron chi connectivity index (χ4n) is 1.96. The van der Waals surface area contributed by atoms with E-state index in [0.29, 0.717) is 25.9 Å². The average molecular weight is 271 g/mol. The predicted molar refractivity (Wildman–Crippen MR) is 68.6 cm³/mol. The number of carboxylic acid groups (broad SMARTS) is 1. The summed E-state index contributed by atoms with van der Waals surface area (Å²) in [5.74, 6) is -1.14. The first-order valence-corrected chi connectivity index (χ1v) is 6.56. The molecule has 7 heteroatoms. The molecule has 108 valence electrons. The molecule has 0 saturated carbocycles. The monoisotopic (exact) mass is 271 g/mol. The van der Waals surface area contributed by atoms with Crippen LogP contribution in [0.25, 0.3) is 0 Å². The maximum absolute atomic E-state index is 11.6. The lowest BCUT2D eigenvalue weighted by atomic mass is 10.0. The third kappa shape index (κ3) is 5.58. The molecule has 0 aromatic carbocycles. The Balaban J connectivity index is 2.30. The van der Waals surface area contributed by atoms with Crippen molar-refractivity contribution < 1.29 is 19.5 Å². The van der Waals surface area contributed by atoms with E-state index in [2.05, 4.69) is 16.0 Å². The van der Waals surface area contributed by atoms with E-state index in [-0.39, 0.29) is 18.2 Å². The quantitative estimate of drug-likeness (QED) is 0.548. The zero-order valence-corrected chi connectivity index (χ0v) is 11.1. The summed E-state index contributed by atoms with van der Waals surface area (Å²) >= 11 is 0. The summed E-state index contributed by atoms with van der Waals surface area (Å²) in [6, 6.07) is -0.917. The summed E-state index contributed by atoms with van der Waals surface area (Å²) in [7, 11) is 0. The molecule has 1 rings (SSSR count). The fourth-order valence-corrected chi connectivity index (χ4v) is 1.96. The van der Waals surface area contributed by atoms with Gasteiger partial charge < -0.3 is 21.1 Å². The Morgan fingerprint density at radius 2 is 2.26 bits per heavy atom. The van der Waals surface area contributed by atoms with E-state index in [1.165, 1.54) is 0 Å². The summed E-state index contributed by atoms with van der Waals surface area (Å²) < 4.78 is 0. The Kier molecular flexibility index (Phi) is 6.11. The lowest BCUT2D eigenvalue weighted by Gasteiger charge is -2.23. The number of hydrogen-bond acceptors (Lipinski definition) is 3. The van der Waals surface area contributed by atoms with Gasteiger partial charge in [0.25, 0.3) is 0 Å². The zero-order valence-electron chi connectivity index (χ0n) is 11.1. The molecule has 1 fully saturated rings. The molecule has 0 aromatic heterocycles. The van der Waals surface area contributed by atoms with Gasteiger partial charge >= 0.3 is 12.0 Å². The number of carbonyl (C=O) groups is 3. The number of hydrogen-bond donors (Lipinski definition) is 4. The molecular weight excluding hydrogens is 250 g/mol. The molecule has 4 N–H and O–H groups in total. The third-order valence-electron chi connectivity index (χ3n) is 3.18. The van der Waals surface area contributed by atoms with Crippen molar-refractivity contribution in [3.8, 4) is 0 Å². The molecule has 1 heterocycles. The van der Waals surface area contributed by atoms with Crippen molar-refractivity contribution in [1.82, 2.24) is 16.0 Å². The Bertz CT molecular complexity index is 346. The SMILES string of the molecule is CCC(CNC(=O)NC1CCCNC1=O)CC(=O)O. The van der Waals surface area contributed by atoms with Crippen LogP contribution >= 0.6 is 0 Å². The highest BCUT2D eigenvalue weighted by Gasteiger charge is 2.23. The van der Waals surface area contributed by atoms with Gasteiger partial charge in [0.2, 0.25) is 5.91 Å².